The number of benzene rings is 2. The number of aromatic nitrogens is 1. The molecule has 0 saturated heterocycles. The molecular formula is C18H13N3O. The van der Waals surface area contributed by atoms with Crippen molar-refractivity contribution < 1.29 is 4.79 Å². The van der Waals surface area contributed by atoms with E-state index in [-0.39, 0.29) is 5.91 Å². The highest BCUT2D eigenvalue weighted by Crippen LogP contribution is 2.14. The first-order chi connectivity index (χ1) is 10.8. The average Bonchev–Trinajstić information content (AvgIpc) is 3.09. The molecule has 3 rings (SSSR count). The Hall–Kier alpha value is -3.32. The molecule has 0 aliphatic carbocycles. The van der Waals surface area contributed by atoms with Crippen LogP contribution in [0.4, 0.5) is 5.69 Å². The fourth-order valence-corrected chi connectivity index (χ4v) is 2.16. The lowest BCUT2D eigenvalue weighted by Gasteiger charge is -2.07. The third kappa shape index (κ3) is 2.89. The molecule has 0 bridgehead atoms. The van der Waals surface area contributed by atoms with Crippen LogP contribution < -0.4 is 5.32 Å². The SMILES string of the molecule is N#Cc1cccc(NC(=O)c2ccc(-n3cccc3)cc2)c1. The van der Waals surface area contributed by atoms with Crippen LogP contribution in [-0.4, -0.2) is 10.5 Å². The van der Waals surface area contributed by atoms with Crippen LogP contribution in [0.5, 0.6) is 0 Å². The summed E-state index contributed by atoms with van der Waals surface area (Å²) < 4.78 is 1.97. The summed E-state index contributed by atoms with van der Waals surface area (Å²) in [5.74, 6) is -0.200. The summed E-state index contributed by atoms with van der Waals surface area (Å²) >= 11 is 0. The molecular weight excluding hydrogens is 274 g/mol. The minimum atomic E-state index is -0.200. The predicted molar refractivity (Wildman–Crippen MR) is 84.9 cm³/mol. The van der Waals surface area contributed by atoms with Crippen LogP contribution >= 0.6 is 0 Å². The molecule has 0 aliphatic rings. The second kappa shape index (κ2) is 5.98. The van der Waals surface area contributed by atoms with E-state index in [4.69, 9.17) is 5.26 Å². The monoisotopic (exact) mass is 287 g/mol. The summed E-state index contributed by atoms with van der Waals surface area (Å²) in [5, 5.41) is 11.7. The Morgan fingerprint density at radius 1 is 1.00 bits per heavy atom. The minimum absolute atomic E-state index is 0.200. The number of carbonyl (C=O) groups is 1. The van der Waals surface area contributed by atoms with Crippen molar-refractivity contribution >= 4 is 11.6 Å². The van der Waals surface area contributed by atoms with E-state index in [0.717, 1.165) is 5.69 Å². The van der Waals surface area contributed by atoms with Crippen LogP contribution in [0.1, 0.15) is 15.9 Å². The number of anilines is 1. The van der Waals surface area contributed by atoms with Gasteiger partial charge in [-0.2, -0.15) is 5.26 Å². The molecule has 22 heavy (non-hydrogen) atoms. The van der Waals surface area contributed by atoms with E-state index in [1.807, 2.05) is 47.3 Å². The maximum Gasteiger partial charge on any atom is 0.255 e. The zero-order valence-corrected chi connectivity index (χ0v) is 11.7. The van der Waals surface area contributed by atoms with Gasteiger partial charge in [0.05, 0.1) is 11.6 Å². The smallest absolute Gasteiger partial charge is 0.255 e. The zero-order valence-electron chi connectivity index (χ0n) is 11.7. The van der Waals surface area contributed by atoms with Crippen LogP contribution in [0.15, 0.2) is 73.1 Å². The first-order valence-corrected chi connectivity index (χ1v) is 6.81. The summed E-state index contributed by atoms with van der Waals surface area (Å²) in [6, 6.07) is 20.1. The van der Waals surface area contributed by atoms with Gasteiger partial charge in [-0.25, -0.2) is 0 Å². The van der Waals surface area contributed by atoms with E-state index in [1.165, 1.54) is 0 Å². The van der Waals surface area contributed by atoms with Crippen LogP contribution in [-0.2, 0) is 0 Å². The molecule has 3 aromatic rings. The Bertz CT molecular complexity index is 828. The predicted octanol–water partition coefficient (Wildman–Crippen LogP) is 3.60. The van der Waals surface area contributed by atoms with E-state index in [0.29, 0.717) is 16.8 Å². The second-order valence-electron chi connectivity index (χ2n) is 4.78. The fourth-order valence-electron chi connectivity index (χ4n) is 2.16. The van der Waals surface area contributed by atoms with Crippen molar-refractivity contribution in [3.63, 3.8) is 0 Å². The highest BCUT2D eigenvalue weighted by Gasteiger charge is 2.06. The average molecular weight is 287 g/mol. The molecule has 0 atom stereocenters. The molecule has 4 heteroatoms. The summed E-state index contributed by atoms with van der Waals surface area (Å²) in [6.45, 7) is 0. The van der Waals surface area contributed by atoms with E-state index in [9.17, 15) is 4.79 Å². The summed E-state index contributed by atoms with van der Waals surface area (Å²) in [7, 11) is 0. The standard InChI is InChI=1S/C18H13N3O/c19-13-14-4-3-5-16(12-14)20-18(22)15-6-8-17(9-7-15)21-10-1-2-11-21/h1-12H,(H,20,22). The van der Waals surface area contributed by atoms with Gasteiger partial charge < -0.3 is 9.88 Å². The maximum absolute atomic E-state index is 12.2. The molecule has 1 amide bonds. The van der Waals surface area contributed by atoms with Crippen LogP contribution in [0, 0.1) is 11.3 Å². The highest BCUT2D eigenvalue weighted by atomic mass is 16.1. The van der Waals surface area contributed by atoms with Crippen LogP contribution in [0.25, 0.3) is 5.69 Å². The molecule has 1 N–H and O–H groups in total. The number of carbonyl (C=O) groups excluding carboxylic acids is 1. The van der Waals surface area contributed by atoms with Crippen LogP contribution in [0.3, 0.4) is 0 Å². The van der Waals surface area contributed by atoms with Crippen molar-refractivity contribution in [2.45, 2.75) is 0 Å². The molecule has 106 valence electrons. The maximum atomic E-state index is 12.2. The Morgan fingerprint density at radius 3 is 2.41 bits per heavy atom. The van der Waals surface area contributed by atoms with Crippen molar-refractivity contribution in [3.8, 4) is 11.8 Å². The molecule has 0 saturated carbocycles. The summed E-state index contributed by atoms with van der Waals surface area (Å²) in [5.41, 5.74) is 2.69. The second-order valence-corrected chi connectivity index (χ2v) is 4.78. The van der Waals surface area contributed by atoms with Crippen molar-refractivity contribution in [3.05, 3.63) is 84.2 Å². The Balaban J connectivity index is 1.76. The van der Waals surface area contributed by atoms with Gasteiger partial charge in [-0.15, -0.1) is 0 Å². The lowest BCUT2D eigenvalue weighted by Crippen LogP contribution is -2.11. The van der Waals surface area contributed by atoms with Gasteiger partial charge in [-0.1, -0.05) is 6.07 Å². The Labute approximate surface area is 128 Å². The number of nitrogens with zero attached hydrogens (tertiary/aromatic N) is 2. The van der Waals surface area contributed by atoms with Crippen molar-refractivity contribution in [1.82, 2.24) is 4.57 Å². The number of nitriles is 1. The van der Waals surface area contributed by atoms with Gasteiger partial charge in [0.2, 0.25) is 0 Å². The fraction of sp³-hybridized carbons (Fsp3) is 0. The van der Waals surface area contributed by atoms with E-state index < -0.39 is 0 Å². The molecule has 1 heterocycles. The van der Waals surface area contributed by atoms with Gasteiger partial charge in [0.15, 0.2) is 0 Å². The number of rotatable bonds is 3. The van der Waals surface area contributed by atoms with Gasteiger partial charge in [-0.05, 0) is 54.6 Å². The Morgan fingerprint density at radius 2 is 1.73 bits per heavy atom. The van der Waals surface area contributed by atoms with Crippen molar-refractivity contribution in [2.24, 2.45) is 0 Å². The van der Waals surface area contributed by atoms with E-state index in [2.05, 4.69) is 5.32 Å². The first kappa shape index (κ1) is 13.7. The normalized spacial score (nSPS) is 9.95. The van der Waals surface area contributed by atoms with E-state index in [1.54, 1.807) is 36.4 Å². The topological polar surface area (TPSA) is 57.8 Å². The molecule has 0 fully saturated rings. The van der Waals surface area contributed by atoms with Gasteiger partial charge in [0, 0.05) is 29.3 Å². The van der Waals surface area contributed by atoms with E-state index >= 15 is 0 Å². The van der Waals surface area contributed by atoms with Crippen molar-refractivity contribution in [2.75, 3.05) is 5.32 Å². The van der Waals surface area contributed by atoms with Gasteiger partial charge >= 0.3 is 0 Å². The molecule has 2 aromatic carbocycles. The molecule has 0 unspecified atom stereocenters. The Kier molecular flexibility index (Phi) is 3.71. The molecule has 0 radical (unpaired) electrons. The van der Waals surface area contributed by atoms with Gasteiger partial charge in [-0.3, -0.25) is 4.79 Å². The number of hydrogen-bond acceptors (Lipinski definition) is 2. The van der Waals surface area contributed by atoms with Gasteiger partial charge in [0.1, 0.15) is 0 Å². The minimum Gasteiger partial charge on any atom is -0.324 e. The third-order valence-electron chi connectivity index (χ3n) is 3.28. The lowest BCUT2D eigenvalue weighted by atomic mass is 10.1. The number of amides is 1. The summed E-state index contributed by atoms with van der Waals surface area (Å²) in [6.07, 6.45) is 3.89. The lowest BCUT2D eigenvalue weighted by molar-refractivity contribution is 0.102. The molecule has 0 aliphatic heterocycles. The number of nitrogens with one attached hydrogen (secondary N) is 1. The van der Waals surface area contributed by atoms with Crippen molar-refractivity contribution in [1.29, 1.82) is 5.26 Å². The summed E-state index contributed by atoms with van der Waals surface area (Å²) in [4.78, 5) is 12.2. The first-order valence-electron chi connectivity index (χ1n) is 6.81. The molecule has 0 spiro atoms. The zero-order chi connectivity index (χ0) is 15.4. The number of hydrogen-bond donors (Lipinski definition) is 1. The third-order valence-corrected chi connectivity index (χ3v) is 3.28. The molecule has 4 nitrogen and oxygen atoms in total. The highest BCUT2D eigenvalue weighted by molar-refractivity contribution is 6.04. The van der Waals surface area contributed by atoms with Crippen LogP contribution in [0.2, 0.25) is 0 Å². The van der Waals surface area contributed by atoms with Gasteiger partial charge in [0.25, 0.3) is 5.91 Å². The molecule has 1 aromatic heterocycles. The quantitative estimate of drug-likeness (QED) is 0.800. The largest absolute Gasteiger partial charge is 0.324 e.